The van der Waals surface area contributed by atoms with Crippen LogP contribution in [0.4, 0.5) is 0 Å². The maximum Gasteiger partial charge on any atom is 2.00 e. The molecule has 4 aliphatic heterocycles. The van der Waals surface area contributed by atoms with Crippen LogP contribution in [0.2, 0.25) is 0 Å². The van der Waals surface area contributed by atoms with E-state index >= 15 is 4.79 Å². The summed E-state index contributed by atoms with van der Waals surface area (Å²) in [7, 11) is 13.1. The second kappa shape index (κ2) is 29.0. The molecule has 0 saturated carbocycles. The summed E-state index contributed by atoms with van der Waals surface area (Å²) in [6, 6.07) is 70.8. The molecule has 14 aromatic rings. The van der Waals surface area contributed by atoms with Crippen molar-refractivity contribution in [2.75, 3.05) is 56.9 Å². The van der Waals surface area contributed by atoms with Crippen molar-refractivity contribution in [2.45, 2.75) is 0 Å². The van der Waals surface area contributed by atoms with Crippen LogP contribution in [0.25, 0.3) is 223 Å². The van der Waals surface area contributed by atoms with Crippen molar-refractivity contribution < 1.29 is 76.9 Å². The minimum absolute atomic E-state index is 0. The van der Waals surface area contributed by atoms with Crippen molar-refractivity contribution >= 4 is 133 Å². The van der Waals surface area contributed by atoms with Crippen molar-refractivity contribution in [1.29, 1.82) is 0 Å². The number of aromatic nitrogens is 8. The van der Waals surface area contributed by atoms with Crippen LogP contribution in [-0.2, 0) is 39.0 Å². The smallest absolute Gasteiger partial charge is 0.657 e. The molecule has 18 nitrogen and oxygen atoms in total. The topological polar surface area (TPSA) is 216 Å². The molecule has 8 aromatic carbocycles. The molecule has 0 saturated heterocycles. The fourth-order valence-electron chi connectivity index (χ4n) is 17.5. The first-order valence-electron chi connectivity index (χ1n) is 37.6. The standard InChI is InChI=1S/2C49H33N4O5.2Zn/c1-55-27-10-5-8-25(22-27)40-33-16-17-34(50-33)41(26-9-6-11-28(23-26)56-2)36-19-21-38(52-36)43-32-24-29(57-3)14-15-30(32)49(54)46-45-44-31(12-7-13-39(44)58-4)42(47(45)53-48(43)46)37-20-18-35(40)51-37;1-55-27-10-5-8-25(22-27)40-33-16-17-34(50-33)41(26-9-6-11-28(23-26)56-2)36-19-21-38(52-36)43-32-24-29(57-3)14-15-30(32)45-46-48(53-47(43)45)42(37-20-18-35(40)51-37)31-12-7-13-39(58-4)44(31)49(46)54;;/h2*5-24H,1-4H3,(H-,50,51,52,53,54);;/q2*-1;2*+2/p-2. The van der Waals surface area contributed by atoms with Gasteiger partial charge in [-0.3, -0.25) is 9.59 Å². The van der Waals surface area contributed by atoms with E-state index in [0.717, 1.165) is 133 Å². The van der Waals surface area contributed by atoms with Crippen LogP contribution >= 0.6 is 0 Å². The van der Waals surface area contributed by atoms with E-state index in [1.807, 2.05) is 243 Å². The van der Waals surface area contributed by atoms with Crippen molar-refractivity contribution in [3.8, 4) is 136 Å². The molecule has 0 spiro atoms. The predicted molar refractivity (Wildman–Crippen MR) is 461 cm³/mol. The Kier molecular flexibility index (Phi) is 18.2. The third kappa shape index (κ3) is 11.4. The molecule has 0 N–H and O–H groups in total. The Morgan fingerprint density at radius 2 is 0.534 bits per heavy atom. The van der Waals surface area contributed by atoms with Crippen LogP contribution in [-0.4, -0.2) is 76.8 Å². The molecular weight excluding hydrogens is 1580 g/mol. The molecule has 8 aliphatic rings. The van der Waals surface area contributed by atoms with Gasteiger partial charge in [0.2, 0.25) is 0 Å². The Hall–Kier alpha value is -14.1. The van der Waals surface area contributed by atoms with Crippen LogP contribution in [0.15, 0.2) is 228 Å². The second-order valence-corrected chi connectivity index (χ2v) is 28.6. The van der Waals surface area contributed by atoms with Crippen molar-refractivity contribution in [2.24, 2.45) is 0 Å². The van der Waals surface area contributed by atoms with E-state index < -0.39 is 0 Å². The summed E-state index contributed by atoms with van der Waals surface area (Å²) in [5, 5.41) is 8.98. The minimum atomic E-state index is -0.158. The van der Waals surface area contributed by atoms with E-state index in [0.29, 0.717) is 135 Å². The summed E-state index contributed by atoms with van der Waals surface area (Å²) < 4.78 is 46.1. The summed E-state index contributed by atoms with van der Waals surface area (Å²) in [4.78, 5) is 72.9. The first-order chi connectivity index (χ1) is 56.9. The second-order valence-electron chi connectivity index (χ2n) is 28.6. The average molecular weight is 1640 g/mol. The Balaban J connectivity index is 0.000000154. The molecule has 560 valence electrons. The molecule has 0 atom stereocenters. The largest absolute Gasteiger partial charge is 2.00 e. The molecule has 0 amide bonds. The quantitative estimate of drug-likeness (QED) is 0.104. The summed E-state index contributed by atoms with van der Waals surface area (Å²) in [6.45, 7) is 0. The fourth-order valence-corrected chi connectivity index (χ4v) is 17.5. The van der Waals surface area contributed by atoms with Crippen molar-refractivity contribution in [3.63, 3.8) is 0 Å². The molecule has 10 heterocycles. The summed E-state index contributed by atoms with van der Waals surface area (Å²) in [6.07, 6.45) is 8.11. The van der Waals surface area contributed by atoms with Gasteiger partial charge in [0.05, 0.1) is 119 Å². The summed E-state index contributed by atoms with van der Waals surface area (Å²) in [5.74, 6) is 5.27. The molecule has 22 rings (SSSR count). The van der Waals surface area contributed by atoms with Gasteiger partial charge in [0.15, 0.2) is 10.9 Å². The summed E-state index contributed by atoms with van der Waals surface area (Å²) >= 11 is 0. The predicted octanol–water partition coefficient (Wildman–Crippen LogP) is 20.3. The number of methoxy groups -OCH3 is 8. The number of hydrogen-bond donors (Lipinski definition) is 0. The zero-order valence-electron chi connectivity index (χ0n) is 65.2. The Labute approximate surface area is 698 Å². The first-order valence-corrected chi connectivity index (χ1v) is 37.6. The number of rotatable bonds is 12. The van der Waals surface area contributed by atoms with Gasteiger partial charge in [0, 0.05) is 21.9 Å². The Bertz CT molecular complexity index is 7770. The molecule has 20 heteroatoms. The van der Waals surface area contributed by atoms with Gasteiger partial charge in [-0.05, 0) is 214 Å². The van der Waals surface area contributed by atoms with E-state index in [1.54, 1.807) is 56.9 Å². The Morgan fingerprint density at radius 1 is 0.229 bits per heavy atom. The maximum atomic E-state index is 15.0. The van der Waals surface area contributed by atoms with Gasteiger partial charge < -0.3 is 57.8 Å². The molecular formula is C98H64N8O10Zn2. The van der Waals surface area contributed by atoms with Crippen molar-refractivity contribution in [1.82, 2.24) is 39.9 Å². The van der Waals surface area contributed by atoms with E-state index in [9.17, 15) is 4.79 Å². The van der Waals surface area contributed by atoms with E-state index in [1.165, 1.54) is 0 Å². The maximum absolute atomic E-state index is 15.0. The zero-order chi connectivity index (χ0) is 78.5. The van der Waals surface area contributed by atoms with Gasteiger partial charge in [0.1, 0.15) is 46.0 Å². The third-order valence-electron chi connectivity index (χ3n) is 22.7. The van der Waals surface area contributed by atoms with Crippen LogP contribution in [0.3, 0.4) is 0 Å². The van der Waals surface area contributed by atoms with Gasteiger partial charge in [-0.2, -0.15) is 0 Å². The molecule has 0 unspecified atom stereocenters. The number of nitrogens with zero attached hydrogens (tertiary/aromatic N) is 8. The number of benzene rings is 10. The summed E-state index contributed by atoms with van der Waals surface area (Å²) in [5.41, 5.74) is 20.0. The van der Waals surface area contributed by atoms with Crippen LogP contribution < -0.4 is 68.7 Å². The van der Waals surface area contributed by atoms with Crippen LogP contribution in [0.1, 0.15) is 22.8 Å². The number of ether oxygens (including phenoxy) is 8. The molecule has 0 fully saturated rings. The average Bonchev–Trinajstić information content (AvgIpc) is 1.54. The van der Waals surface area contributed by atoms with Gasteiger partial charge in [-0.15, -0.1) is 44.1 Å². The van der Waals surface area contributed by atoms with Gasteiger partial charge in [-0.25, -0.2) is 19.9 Å². The SMILES string of the molecule is COc1cccc(-c2c3nc(c(-c4cccc(OC)c4)c4ccc([n-]4)c4c5nc6c(c7ccc2[n-]7)c2cc(OC)ccc2c-6c-5c(=O)c2c(OC)cccc24)C=C3)c1.COc1cccc(-c2c3nc(c(-c4cccc(OC)c4)c4ccc([n-]4)c4c5nc6c(c7ccc2[n-]7)c2cccc(OC)c2c-6c-5c(=O)c2ccc(OC)cc24)C=C3)c1.[Zn+2].[Zn+2]. The van der Waals surface area contributed by atoms with E-state index in [4.69, 9.17) is 77.8 Å². The molecule has 118 heavy (non-hydrogen) atoms. The first kappa shape index (κ1) is 74.1. The fraction of sp³-hybridized carbons (Fsp3) is 0.0816. The Morgan fingerprint density at radius 3 is 0.915 bits per heavy atom. The van der Waals surface area contributed by atoms with Crippen LogP contribution in [0.5, 0.6) is 46.0 Å². The van der Waals surface area contributed by atoms with Gasteiger partial charge in [-0.1, -0.05) is 121 Å². The van der Waals surface area contributed by atoms with E-state index in [-0.39, 0.29) is 49.8 Å². The van der Waals surface area contributed by atoms with Gasteiger partial charge in [0.25, 0.3) is 0 Å². The molecule has 4 aliphatic carbocycles. The number of fused-ring (bicyclic) bond motifs is 28. The minimum Gasteiger partial charge on any atom is -0.657 e. The molecule has 0 radical (unpaired) electrons. The third-order valence-corrected chi connectivity index (χ3v) is 22.7. The van der Waals surface area contributed by atoms with Crippen LogP contribution in [0, 0.1) is 0 Å². The molecule has 6 aromatic heterocycles. The normalized spacial score (nSPS) is 11.9. The number of hydrogen-bond acceptors (Lipinski definition) is 14. The van der Waals surface area contributed by atoms with E-state index in [2.05, 4.69) is 0 Å². The monoisotopic (exact) mass is 1640 g/mol. The molecule has 16 bridgehead atoms. The van der Waals surface area contributed by atoms with Gasteiger partial charge >= 0.3 is 39.0 Å². The van der Waals surface area contributed by atoms with Crippen molar-refractivity contribution in [3.05, 3.63) is 262 Å². The zero-order valence-corrected chi connectivity index (χ0v) is 71.1.